The summed E-state index contributed by atoms with van der Waals surface area (Å²) in [5.41, 5.74) is 1.30. The highest BCUT2D eigenvalue weighted by atomic mass is 35.5. The van der Waals surface area contributed by atoms with Gasteiger partial charge in [0.05, 0.1) is 18.7 Å². The Morgan fingerprint density at radius 3 is 2.67 bits per heavy atom. The van der Waals surface area contributed by atoms with Crippen molar-refractivity contribution in [2.24, 2.45) is 0 Å². The van der Waals surface area contributed by atoms with Gasteiger partial charge >= 0.3 is 0 Å². The van der Waals surface area contributed by atoms with E-state index in [0.29, 0.717) is 35.2 Å². The van der Waals surface area contributed by atoms with Crippen LogP contribution in [-0.2, 0) is 13.2 Å². The number of methoxy groups -OCH3 is 1. The number of benzene rings is 2. The highest BCUT2D eigenvalue weighted by Gasteiger charge is 2.10. The Balaban J connectivity index is 0.00000288. The van der Waals surface area contributed by atoms with E-state index in [1.165, 1.54) is 6.07 Å². The molecule has 0 spiro atoms. The van der Waals surface area contributed by atoms with Gasteiger partial charge in [0.1, 0.15) is 12.4 Å². The van der Waals surface area contributed by atoms with Crippen molar-refractivity contribution in [1.82, 2.24) is 5.32 Å². The fraction of sp³-hybridized carbons (Fsp3) is 0.294. The van der Waals surface area contributed by atoms with Crippen molar-refractivity contribution in [3.63, 3.8) is 0 Å². The second-order valence-corrected chi connectivity index (χ2v) is 5.28. The van der Waals surface area contributed by atoms with E-state index >= 15 is 0 Å². The molecule has 132 valence electrons. The van der Waals surface area contributed by atoms with Gasteiger partial charge in [-0.1, -0.05) is 23.7 Å². The van der Waals surface area contributed by atoms with Crippen LogP contribution < -0.4 is 14.8 Å². The van der Waals surface area contributed by atoms with E-state index in [9.17, 15) is 4.39 Å². The minimum atomic E-state index is -0.402. The maximum atomic E-state index is 13.7. The van der Waals surface area contributed by atoms with Gasteiger partial charge in [-0.05, 0) is 29.8 Å². The molecule has 0 aliphatic heterocycles. The zero-order valence-electron chi connectivity index (χ0n) is 13.2. The van der Waals surface area contributed by atoms with Gasteiger partial charge in [-0.2, -0.15) is 0 Å². The van der Waals surface area contributed by atoms with Gasteiger partial charge < -0.3 is 19.9 Å². The van der Waals surface area contributed by atoms with Crippen molar-refractivity contribution in [2.45, 2.75) is 13.2 Å². The molecule has 0 aliphatic rings. The van der Waals surface area contributed by atoms with E-state index in [-0.39, 0.29) is 25.6 Å². The summed E-state index contributed by atoms with van der Waals surface area (Å²) >= 11 is 5.99. The number of aliphatic hydroxyl groups excluding tert-OH is 1. The van der Waals surface area contributed by atoms with Gasteiger partial charge in [-0.25, -0.2) is 4.39 Å². The first-order valence-corrected chi connectivity index (χ1v) is 7.57. The van der Waals surface area contributed by atoms with E-state index in [4.69, 9.17) is 26.2 Å². The van der Waals surface area contributed by atoms with Gasteiger partial charge in [0.25, 0.3) is 0 Å². The molecule has 2 aromatic rings. The minimum Gasteiger partial charge on any atom is -0.493 e. The average Bonchev–Trinajstić information content (AvgIpc) is 2.55. The Bertz CT molecular complexity index is 635. The Labute approximate surface area is 152 Å². The van der Waals surface area contributed by atoms with Gasteiger partial charge in [-0.3, -0.25) is 0 Å². The number of nitrogens with one attached hydrogen (secondary N) is 1. The molecule has 0 aromatic heterocycles. The quantitative estimate of drug-likeness (QED) is 0.692. The van der Waals surface area contributed by atoms with E-state index in [2.05, 4.69) is 5.32 Å². The third-order valence-electron chi connectivity index (χ3n) is 3.28. The number of ether oxygens (including phenoxy) is 2. The summed E-state index contributed by atoms with van der Waals surface area (Å²) in [6.07, 6.45) is 0. The molecule has 0 saturated heterocycles. The Morgan fingerprint density at radius 2 is 2.00 bits per heavy atom. The van der Waals surface area contributed by atoms with Crippen LogP contribution in [0.25, 0.3) is 0 Å². The van der Waals surface area contributed by atoms with Crippen LogP contribution in [-0.4, -0.2) is 25.4 Å². The maximum absolute atomic E-state index is 13.7. The lowest BCUT2D eigenvalue weighted by molar-refractivity contribution is 0.279. The van der Waals surface area contributed by atoms with Gasteiger partial charge in [0.15, 0.2) is 11.5 Å². The monoisotopic (exact) mass is 375 g/mol. The van der Waals surface area contributed by atoms with Gasteiger partial charge in [-0.15, -0.1) is 12.4 Å². The first-order chi connectivity index (χ1) is 11.2. The number of hydrogen-bond donors (Lipinski definition) is 2. The van der Waals surface area contributed by atoms with Gasteiger partial charge in [0.2, 0.25) is 0 Å². The molecular weight excluding hydrogens is 356 g/mol. The van der Waals surface area contributed by atoms with E-state index in [1.807, 2.05) is 12.1 Å². The molecule has 0 atom stereocenters. The molecule has 0 radical (unpaired) electrons. The van der Waals surface area contributed by atoms with Crippen molar-refractivity contribution < 1.29 is 19.0 Å². The van der Waals surface area contributed by atoms with Crippen molar-refractivity contribution >= 4 is 24.0 Å². The molecule has 0 saturated carbocycles. The zero-order valence-corrected chi connectivity index (χ0v) is 14.8. The highest BCUT2D eigenvalue weighted by Crippen LogP contribution is 2.30. The summed E-state index contributed by atoms with van der Waals surface area (Å²) in [5, 5.41) is 12.2. The van der Waals surface area contributed by atoms with Crippen molar-refractivity contribution in [2.75, 3.05) is 20.3 Å². The van der Waals surface area contributed by atoms with Crippen molar-refractivity contribution in [3.05, 3.63) is 58.4 Å². The summed E-state index contributed by atoms with van der Waals surface area (Å²) in [6.45, 7) is 1.23. The standard InChI is InChI=1S/C17H19ClFNO3.ClH/c1-22-17-9-12(10-20-7-8-21)5-6-16(17)23-11-13-14(18)3-2-4-15(13)19;/h2-6,9,20-21H,7-8,10-11H2,1H3;1H. The van der Waals surface area contributed by atoms with Crippen LogP contribution in [0.2, 0.25) is 5.02 Å². The lowest BCUT2D eigenvalue weighted by atomic mass is 10.2. The number of rotatable bonds is 8. The summed E-state index contributed by atoms with van der Waals surface area (Å²) in [5.74, 6) is 0.666. The van der Waals surface area contributed by atoms with Crippen LogP contribution in [0.3, 0.4) is 0 Å². The summed E-state index contributed by atoms with van der Waals surface area (Å²) in [6, 6.07) is 10.0. The molecule has 2 N–H and O–H groups in total. The first kappa shape index (κ1) is 20.5. The molecule has 2 aromatic carbocycles. The third kappa shape index (κ3) is 5.53. The predicted molar refractivity (Wildman–Crippen MR) is 94.8 cm³/mol. The number of halogens is 3. The molecule has 0 fully saturated rings. The second kappa shape index (κ2) is 10.4. The van der Waals surface area contributed by atoms with Crippen LogP contribution in [0.4, 0.5) is 4.39 Å². The van der Waals surface area contributed by atoms with Crippen LogP contribution in [0.5, 0.6) is 11.5 Å². The zero-order chi connectivity index (χ0) is 16.7. The number of aliphatic hydroxyl groups is 1. The third-order valence-corrected chi connectivity index (χ3v) is 3.63. The van der Waals surface area contributed by atoms with Crippen molar-refractivity contribution in [3.8, 4) is 11.5 Å². The second-order valence-electron chi connectivity index (χ2n) is 4.87. The lowest BCUT2D eigenvalue weighted by Gasteiger charge is -2.13. The fourth-order valence-electron chi connectivity index (χ4n) is 2.07. The molecule has 0 bridgehead atoms. The molecule has 0 unspecified atom stereocenters. The molecule has 0 heterocycles. The summed E-state index contributed by atoms with van der Waals surface area (Å²) in [4.78, 5) is 0. The lowest BCUT2D eigenvalue weighted by Crippen LogP contribution is -2.17. The predicted octanol–water partition coefficient (Wildman–Crippen LogP) is 3.57. The molecule has 2 rings (SSSR count). The summed E-state index contributed by atoms with van der Waals surface area (Å²) in [7, 11) is 1.54. The van der Waals surface area contributed by atoms with Crippen LogP contribution in [0.15, 0.2) is 36.4 Å². The van der Waals surface area contributed by atoms with Crippen LogP contribution in [0.1, 0.15) is 11.1 Å². The molecular formula is C17H20Cl2FNO3. The Morgan fingerprint density at radius 1 is 1.21 bits per heavy atom. The SMILES string of the molecule is COc1cc(CNCCO)ccc1OCc1c(F)cccc1Cl.Cl. The molecule has 4 nitrogen and oxygen atoms in total. The normalized spacial score (nSPS) is 10.2. The average molecular weight is 376 g/mol. The first-order valence-electron chi connectivity index (χ1n) is 7.20. The van der Waals surface area contributed by atoms with E-state index in [0.717, 1.165) is 5.56 Å². The maximum Gasteiger partial charge on any atom is 0.161 e. The molecule has 24 heavy (non-hydrogen) atoms. The van der Waals surface area contributed by atoms with E-state index in [1.54, 1.807) is 25.3 Å². The molecule has 7 heteroatoms. The highest BCUT2D eigenvalue weighted by molar-refractivity contribution is 6.31. The Hall–Kier alpha value is -1.53. The topological polar surface area (TPSA) is 50.7 Å². The fourth-order valence-corrected chi connectivity index (χ4v) is 2.29. The Kier molecular flexibility index (Phi) is 8.85. The number of hydrogen-bond acceptors (Lipinski definition) is 4. The van der Waals surface area contributed by atoms with E-state index < -0.39 is 5.82 Å². The van der Waals surface area contributed by atoms with Crippen molar-refractivity contribution in [1.29, 1.82) is 0 Å². The minimum absolute atomic E-state index is 0. The van der Waals surface area contributed by atoms with Crippen LogP contribution >= 0.6 is 24.0 Å². The summed E-state index contributed by atoms with van der Waals surface area (Å²) < 4.78 is 24.7. The largest absolute Gasteiger partial charge is 0.493 e. The molecule has 0 amide bonds. The molecule has 0 aliphatic carbocycles. The van der Waals surface area contributed by atoms with Crippen LogP contribution in [0, 0.1) is 5.82 Å². The smallest absolute Gasteiger partial charge is 0.161 e. The van der Waals surface area contributed by atoms with Gasteiger partial charge in [0, 0.05) is 18.7 Å².